The normalized spacial score (nSPS) is 21.9. The van der Waals surface area contributed by atoms with Crippen molar-refractivity contribution in [1.29, 1.82) is 0 Å². The van der Waals surface area contributed by atoms with E-state index in [2.05, 4.69) is 39.3 Å². The summed E-state index contributed by atoms with van der Waals surface area (Å²) in [4.78, 5) is 14.2. The van der Waals surface area contributed by atoms with Gasteiger partial charge in [-0.05, 0) is 70.3 Å². The maximum Gasteiger partial charge on any atom is 0.191 e. The predicted octanol–water partition coefficient (Wildman–Crippen LogP) is 2.99. The molecule has 28 heavy (non-hydrogen) atoms. The van der Waals surface area contributed by atoms with E-state index in [1.807, 2.05) is 12.1 Å². The standard InChI is InChI=1S/C21H35ClN6/c1-3-11-27-12-7-17(8-13-27)15-25-21(23-4-2)26-18-9-14-28(16-18)20-19(22)6-5-10-24-20/h5-6,10,17-18H,3-4,7-9,11-16H2,1-2H3,(H2,23,25,26). The number of piperidine rings is 1. The van der Waals surface area contributed by atoms with Crippen molar-refractivity contribution < 1.29 is 0 Å². The fourth-order valence-electron chi connectivity index (χ4n) is 4.12. The summed E-state index contributed by atoms with van der Waals surface area (Å²) in [6, 6.07) is 4.14. The molecule has 1 aromatic rings. The lowest BCUT2D eigenvalue weighted by molar-refractivity contribution is 0.188. The molecular formula is C21H35ClN6. The van der Waals surface area contributed by atoms with Crippen LogP contribution in [0.3, 0.4) is 0 Å². The second-order valence-electron chi connectivity index (χ2n) is 7.89. The van der Waals surface area contributed by atoms with Crippen molar-refractivity contribution >= 4 is 23.4 Å². The molecule has 0 spiro atoms. The lowest BCUT2D eigenvalue weighted by atomic mass is 9.97. The van der Waals surface area contributed by atoms with Crippen LogP contribution >= 0.6 is 11.6 Å². The first-order valence-electron chi connectivity index (χ1n) is 10.8. The van der Waals surface area contributed by atoms with E-state index in [-0.39, 0.29) is 0 Å². The van der Waals surface area contributed by atoms with Gasteiger partial charge in [-0.3, -0.25) is 4.99 Å². The Morgan fingerprint density at radius 3 is 2.79 bits per heavy atom. The average molecular weight is 407 g/mol. The van der Waals surface area contributed by atoms with E-state index in [4.69, 9.17) is 16.6 Å². The maximum absolute atomic E-state index is 6.31. The maximum atomic E-state index is 6.31. The minimum atomic E-state index is 0.363. The smallest absolute Gasteiger partial charge is 0.191 e. The highest BCUT2D eigenvalue weighted by atomic mass is 35.5. The van der Waals surface area contributed by atoms with Crippen LogP contribution in [0.5, 0.6) is 0 Å². The molecule has 1 aromatic heterocycles. The van der Waals surface area contributed by atoms with Gasteiger partial charge >= 0.3 is 0 Å². The molecule has 3 rings (SSSR count). The summed E-state index contributed by atoms with van der Waals surface area (Å²) in [5.74, 6) is 2.53. The van der Waals surface area contributed by atoms with Gasteiger partial charge in [-0.1, -0.05) is 18.5 Å². The van der Waals surface area contributed by atoms with Crippen LogP contribution in [0.1, 0.15) is 39.5 Å². The zero-order valence-electron chi connectivity index (χ0n) is 17.3. The molecule has 1 unspecified atom stereocenters. The summed E-state index contributed by atoms with van der Waals surface area (Å²) in [6.45, 7) is 11.7. The molecule has 2 aliphatic rings. The summed E-state index contributed by atoms with van der Waals surface area (Å²) in [5, 5.41) is 7.75. The Morgan fingerprint density at radius 2 is 2.07 bits per heavy atom. The molecular weight excluding hydrogens is 372 g/mol. The summed E-state index contributed by atoms with van der Waals surface area (Å²) >= 11 is 6.31. The summed E-state index contributed by atoms with van der Waals surface area (Å²) in [5.41, 5.74) is 0. The zero-order chi connectivity index (χ0) is 19.8. The van der Waals surface area contributed by atoms with E-state index in [1.54, 1.807) is 6.20 Å². The van der Waals surface area contributed by atoms with Gasteiger partial charge in [0, 0.05) is 38.4 Å². The zero-order valence-corrected chi connectivity index (χ0v) is 18.1. The van der Waals surface area contributed by atoms with E-state index < -0.39 is 0 Å². The Hall–Kier alpha value is -1.53. The van der Waals surface area contributed by atoms with Gasteiger partial charge in [-0.15, -0.1) is 0 Å². The number of aliphatic imine (C=N–C) groups is 1. The molecule has 0 radical (unpaired) electrons. The third-order valence-corrected chi connectivity index (χ3v) is 5.96. The first kappa shape index (κ1) is 21.2. The summed E-state index contributed by atoms with van der Waals surface area (Å²) < 4.78 is 0. The lowest BCUT2D eigenvalue weighted by Crippen LogP contribution is -2.45. The SMILES string of the molecule is CCCN1CCC(CN=C(NCC)NC2CCN(c3ncccc3Cl)C2)CC1. The van der Waals surface area contributed by atoms with E-state index in [9.17, 15) is 0 Å². The van der Waals surface area contributed by atoms with Crippen molar-refractivity contribution in [2.24, 2.45) is 10.9 Å². The van der Waals surface area contributed by atoms with Gasteiger partial charge in [-0.2, -0.15) is 0 Å². The molecule has 2 aliphatic heterocycles. The van der Waals surface area contributed by atoms with Crippen LogP contribution in [0.2, 0.25) is 5.02 Å². The molecule has 0 amide bonds. The second-order valence-corrected chi connectivity index (χ2v) is 8.30. The minimum Gasteiger partial charge on any atom is -0.357 e. The van der Waals surface area contributed by atoms with E-state index in [1.165, 1.54) is 38.9 Å². The van der Waals surface area contributed by atoms with Crippen molar-refractivity contribution in [2.45, 2.75) is 45.6 Å². The van der Waals surface area contributed by atoms with E-state index >= 15 is 0 Å². The predicted molar refractivity (Wildman–Crippen MR) is 118 cm³/mol. The highest BCUT2D eigenvalue weighted by molar-refractivity contribution is 6.32. The van der Waals surface area contributed by atoms with E-state index in [0.717, 1.165) is 49.4 Å². The molecule has 2 fully saturated rings. The number of aromatic nitrogens is 1. The molecule has 7 heteroatoms. The van der Waals surface area contributed by atoms with Gasteiger partial charge < -0.3 is 20.4 Å². The molecule has 6 nitrogen and oxygen atoms in total. The van der Waals surface area contributed by atoms with Crippen LogP contribution in [-0.4, -0.2) is 67.7 Å². The summed E-state index contributed by atoms with van der Waals surface area (Å²) in [6.07, 6.45) is 6.64. The Labute approximate surface area is 174 Å². The van der Waals surface area contributed by atoms with Crippen molar-refractivity contribution in [3.05, 3.63) is 23.4 Å². The number of rotatable bonds is 7. The van der Waals surface area contributed by atoms with Crippen molar-refractivity contribution in [2.75, 3.05) is 50.7 Å². The van der Waals surface area contributed by atoms with Crippen LogP contribution in [0, 0.1) is 5.92 Å². The van der Waals surface area contributed by atoms with Gasteiger partial charge in [0.05, 0.1) is 5.02 Å². The lowest BCUT2D eigenvalue weighted by Gasteiger charge is -2.31. The molecule has 0 saturated carbocycles. The third-order valence-electron chi connectivity index (χ3n) is 5.67. The van der Waals surface area contributed by atoms with Crippen molar-refractivity contribution in [3.63, 3.8) is 0 Å². The number of halogens is 1. The first-order chi connectivity index (χ1) is 13.7. The quantitative estimate of drug-likeness (QED) is 0.538. The number of guanidine groups is 1. The minimum absolute atomic E-state index is 0.363. The Morgan fingerprint density at radius 1 is 1.25 bits per heavy atom. The number of likely N-dealkylation sites (tertiary alicyclic amines) is 1. The van der Waals surface area contributed by atoms with E-state index in [0.29, 0.717) is 12.0 Å². The fourth-order valence-corrected chi connectivity index (χ4v) is 4.36. The number of nitrogens with one attached hydrogen (secondary N) is 2. The molecule has 156 valence electrons. The largest absolute Gasteiger partial charge is 0.357 e. The molecule has 2 saturated heterocycles. The molecule has 3 heterocycles. The Balaban J connectivity index is 1.49. The number of anilines is 1. The molecule has 0 aliphatic carbocycles. The number of nitrogens with zero attached hydrogens (tertiary/aromatic N) is 4. The molecule has 2 N–H and O–H groups in total. The number of hydrogen-bond acceptors (Lipinski definition) is 4. The fraction of sp³-hybridized carbons (Fsp3) is 0.714. The first-order valence-corrected chi connectivity index (χ1v) is 11.2. The van der Waals surface area contributed by atoms with Gasteiger partial charge in [0.2, 0.25) is 0 Å². The van der Waals surface area contributed by atoms with Crippen molar-refractivity contribution in [1.82, 2.24) is 20.5 Å². The number of pyridine rings is 1. The Kier molecular flexibility index (Phi) is 8.22. The highest BCUT2D eigenvalue weighted by Crippen LogP contribution is 2.25. The van der Waals surface area contributed by atoms with Crippen LogP contribution < -0.4 is 15.5 Å². The van der Waals surface area contributed by atoms with Crippen LogP contribution in [0.15, 0.2) is 23.3 Å². The third kappa shape index (κ3) is 5.98. The average Bonchev–Trinajstić information content (AvgIpc) is 3.16. The van der Waals surface area contributed by atoms with Crippen LogP contribution in [0.4, 0.5) is 5.82 Å². The topological polar surface area (TPSA) is 55.8 Å². The Bertz CT molecular complexity index is 629. The number of hydrogen-bond donors (Lipinski definition) is 2. The van der Waals surface area contributed by atoms with Gasteiger partial charge in [0.1, 0.15) is 5.82 Å². The van der Waals surface area contributed by atoms with Gasteiger partial charge in [0.15, 0.2) is 5.96 Å². The van der Waals surface area contributed by atoms with Crippen LogP contribution in [0.25, 0.3) is 0 Å². The molecule has 1 atom stereocenters. The molecule has 0 bridgehead atoms. The second kappa shape index (κ2) is 10.9. The monoisotopic (exact) mass is 406 g/mol. The van der Waals surface area contributed by atoms with Crippen molar-refractivity contribution in [3.8, 4) is 0 Å². The molecule has 0 aromatic carbocycles. The van der Waals surface area contributed by atoms with Crippen LogP contribution in [-0.2, 0) is 0 Å². The highest BCUT2D eigenvalue weighted by Gasteiger charge is 2.25. The summed E-state index contributed by atoms with van der Waals surface area (Å²) in [7, 11) is 0. The van der Waals surface area contributed by atoms with Gasteiger partial charge in [-0.25, -0.2) is 4.98 Å². The van der Waals surface area contributed by atoms with Gasteiger partial charge in [0.25, 0.3) is 0 Å².